The lowest BCUT2D eigenvalue weighted by Gasteiger charge is -2.40. The molecule has 6 unspecified atom stereocenters. The van der Waals surface area contributed by atoms with E-state index in [1.807, 2.05) is 17.1 Å². The summed E-state index contributed by atoms with van der Waals surface area (Å²) in [5, 5.41) is 19.4. The quantitative estimate of drug-likeness (QED) is 0.745. The largest absolute Gasteiger partial charge is 0.481 e. The number of carboxylic acids is 1. The van der Waals surface area contributed by atoms with Gasteiger partial charge >= 0.3 is 5.97 Å². The van der Waals surface area contributed by atoms with Gasteiger partial charge in [0, 0.05) is 12.1 Å². The fourth-order valence-electron chi connectivity index (χ4n) is 5.18. The van der Waals surface area contributed by atoms with Gasteiger partial charge in [-0.3, -0.25) is 9.59 Å². The molecule has 0 aromatic carbocycles. The Bertz CT molecular complexity index is 502. The molecule has 4 rings (SSSR count). The van der Waals surface area contributed by atoms with Crippen molar-refractivity contribution in [1.29, 1.82) is 0 Å². The SMILES string of the molecule is O=C(O)C1C2C=CC(C2)C1C(=O)N1C2CCC1CC(O)C2. The van der Waals surface area contributed by atoms with Crippen molar-refractivity contribution >= 4 is 11.9 Å². The normalized spacial score (nSPS) is 47.1. The molecule has 0 aromatic heterocycles. The number of amides is 1. The second-order valence-electron chi connectivity index (χ2n) is 7.09. The van der Waals surface area contributed by atoms with Gasteiger partial charge in [0.1, 0.15) is 0 Å². The van der Waals surface area contributed by atoms with Crippen molar-refractivity contribution in [3.63, 3.8) is 0 Å². The fourth-order valence-corrected chi connectivity index (χ4v) is 5.18. The molecule has 1 amide bonds. The van der Waals surface area contributed by atoms with E-state index in [0.717, 1.165) is 19.3 Å². The Morgan fingerprint density at radius 1 is 0.952 bits per heavy atom. The van der Waals surface area contributed by atoms with Crippen LogP contribution in [0.15, 0.2) is 12.2 Å². The van der Waals surface area contributed by atoms with Crippen LogP contribution in [0.25, 0.3) is 0 Å². The average molecular weight is 291 g/mol. The van der Waals surface area contributed by atoms with E-state index >= 15 is 0 Å². The molecule has 0 spiro atoms. The highest BCUT2D eigenvalue weighted by Gasteiger charge is 2.55. The number of nitrogens with zero attached hydrogens (tertiary/aromatic N) is 1. The van der Waals surface area contributed by atoms with E-state index in [2.05, 4.69) is 0 Å². The maximum atomic E-state index is 13.0. The Morgan fingerprint density at radius 3 is 2.10 bits per heavy atom. The summed E-state index contributed by atoms with van der Waals surface area (Å²) in [5.74, 6) is -1.65. The van der Waals surface area contributed by atoms with Gasteiger partial charge in [-0.15, -0.1) is 0 Å². The van der Waals surface area contributed by atoms with Crippen molar-refractivity contribution in [3.05, 3.63) is 12.2 Å². The van der Waals surface area contributed by atoms with Crippen molar-refractivity contribution in [2.45, 2.75) is 50.3 Å². The molecule has 5 heteroatoms. The van der Waals surface area contributed by atoms with Crippen LogP contribution in [0.5, 0.6) is 0 Å². The van der Waals surface area contributed by atoms with Gasteiger partial charge in [0.05, 0.1) is 17.9 Å². The lowest BCUT2D eigenvalue weighted by Crippen LogP contribution is -2.52. The maximum Gasteiger partial charge on any atom is 0.307 e. The minimum Gasteiger partial charge on any atom is -0.481 e. The molecule has 114 valence electrons. The minimum absolute atomic E-state index is 0.0227. The molecule has 4 bridgehead atoms. The molecule has 5 nitrogen and oxygen atoms in total. The molecule has 2 heterocycles. The molecule has 0 radical (unpaired) electrons. The van der Waals surface area contributed by atoms with Gasteiger partial charge in [-0.1, -0.05) is 12.2 Å². The summed E-state index contributed by atoms with van der Waals surface area (Å²) in [6, 6.07) is 0.229. The third kappa shape index (κ3) is 1.86. The Hall–Kier alpha value is -1.36. The topological polar surface area (TPSA) is 77.8 Å². The van der Waals surface area contributed by atoms with Crippen molar-refractivity contribution in [1.82, 2.24) is 4.90 Å². The summed E-state index contributed by atoms with van der Waals surface area (Å²) in [6.07, 6.45) is 7.70. The van der Waals surface area contributed by atoms with E-state index in [1.165, 1.54) is 0 Å². The number of carbonyl (C=O) groups excluding carboxylic acids is 1. The van der Waals surface area contributed by atoms with Gasteiger partial charge in [0.2, 0.25) is 5.91 Å². The lowest BCUT2D eigenvalue weighted by molar-refractivity contribution is -0.154. The molecule has 0 aromatic rings. The number of carbonyl (C=O) groups is 2. The second-order valence-corrected chi connectivity index (χ2v) is 7.09. The van der Waals surface area contributed by atoms with Crippen LogP contribution in [0.2, 0.25) is 0 Å². The minimum atomic E-state index is -0.838. The highest BCUT2D eigenvalue weighted by atomic mass is 16.4. The van der Waals surface area contributed by atoms with E-state index < -0.39 is 17.8 Å². The fraction of sp³-hybridized carbons (Fsp3) is 0.750. The monoisotopic (exact) mass is 291 g/mol. The van der Waals surface area contributed by atoms with Crippen LogP contribution in [-0.4, -0.2) is 45.2 Å². The van der Waals surface area contributed by atoms with Crippen LogP contribution < -0.4 is 0 Å². The predicted molar refractivity (Wildman–Crippen MR) is 74.2 cm³/mol. The number of hydrogen-bond acceptors (Lipinski definition) is 3. The number of allylic oxidation sites excluding steroid dienone is 2. The highest BCUT2D eigenvalue weighted by molar-refractivity contribution is 5.87. The Labute approximate surface area is 123 Å². The summed E-state index contributed by atoms with van der Waals surface area (Å²) in [4.78, 5) is 26.5. The summed E-state index contributed by atoms with van der Waals surface area (Å²) >= 11 is 0. The maximum absolute atomic E-state index is 13.0. The van der Waals surface area contributed by atoms with Gasteiger partial charge < -0.3 is 15.1 Å². The molecule has 2 aliphatic carbocycles. The zero-order chi connectivity index (χ0) is 14.7. The molecule has 2 N–H and O–H groups in total. The molecule has 3 fully saturated rings. The van der Waals surface area contributed by atoms with Crippen molar-refractivity contribution in [2.75, 3.05) is 0 Å². The van der Waals surface area contributed by atoms with E-state index in [0.29, 0.717) is 12.8 Å². The Kier molecular flexibility index (Phi) is 2.89. The number of aliphatic carboxylic acids is 1. The first-order valence-corrected chi connectivity index (χ1v) is 7.97. The standard InChI is InChI=1S/C16H21NO4/c18-12-6-10-3-4-11(7-12)17(10)15(19)13-8-1-2-9(5-8)14(13)16(20)21/h1-2,8-14,18H,3-7H2,(H,20,21). The van der Waals surface area contributed by atoms with E-state index in [9.17, 15) is 19.8 Å². The summed E-state index contributed by atoms with van der Waals surface area (Å²) < 4.78 is 0. The molecule has 1 saturated carbocycles. The van der Waals surface area contributed by atoms with Crippen LogP contribution in [0.3, 0.4) is 0 Å². The number of piperidine rings is 1. The number of hydrogen-bond donors (Lipinski definition) is 2. The summed E-state index contributed by atoms with van der Waals surface area (Å²) in [7, 11) is 0. The molecule has 4 aliphatic rings. The highest BCUT2D eigenvalue weighted by Crippen LogP contribution is 2.50. The number of rotatable bonds is 2. The number of carboxylic acid groups (broad SMARTS) is 1. The van der Waals surface area contributed by atoms with E-state index in [-0.39, 0.29) is 35.9 Å². The molecule has 2 saturated heterocycles. The third-order valence-corrected chi connectivity index (χ3v) is 5.99. The smallest absolute Gasteiger partial charge is 0.307 e. The lowest BCUT2D eigenvalue weighted by atomic mass is 9.81. The van der Waals surface area contributed by atoms with Crippen LogP contribution in [0, 0.1) is 23.7 Å². The Balaban J connectivity index is 1.60. The van der Waals surface area contributed by atoms with Crippen molar-refractivity contribution in [2.24, 2.45) is 23.7 Å². The van der Waals surface area contributed by atoms with Crippen molar-refractivity contribution < 1.29 is 19.8 Å². The van der Waals surface area contributed by atoms with Gasteiger partial charge in [0.25, 0.3) is 0 Å². The first-order chi connectivity index (χ1) is 10.1. The van der Waals surface area contributed by atoms with Crippen LogP contribution >= 0.6 is 0 Å². The second kappa shape index (κ2) is 4.57. The number of aliphatic hydroxyl groups is 1. The Morgan fingerprint density at radius 2 is 1.52 bits per heavy atom. The molecular weight excluding hydrogens is 270 g/mol. The van der Waals surface area contributed by atoms with Gasteiger partial charge in [0.15, 0.2) is 0 Å². The van der Waals surface area contributed by atoms with E-state index in [1.54, 1.807) is 0 Å². The van der Waals surface area contributed by atoms with Gasteiger partial charge in [-0.2, -0.15) is 0 Å². The van der Waals surface area contributed by atoms with E-state index in [4.69, 9.17) is 0 Å². The molecule has 6 atom stereocenters. The first kappa shape index (κ1) is 13.3. The zero-order valence-corrected chi connectivity index (χ0v) is 11.9. The van der Waals surface area contributed by atoms with Crippen LogP contribution in [-0.2, 0) is 9.59 Å². The molecular formula is C16H21NO4. The zero-order valence-electron chi connectivity index (χ0n) is 11.9. The van der Waals surface area contributed by atoms with Gasteiger partial charge in [-0.25, -0.2) is 0 Å². The average Bonchev–Trinajstić information content (AvgIpc) is 3.10. The molecule has 2 aliphatic heterocycles. The molecule has 21 heavy (non-hydrogen) atoms. The predicted octanol–water partition coefficient (Wildman–Crippen LogP) is 1.02. The van der Waals surface area contributed by atoms with Crippen LogP contribution in [0.1, 0.15) is 32.1 Å². The summed E-state index contributed by atoms with van der Waals surface area (Å²) in [5.41, 5.74) is 0. The van der Waals surface area contributed by atoms with Crippen molar-refractivity contribution in [3.8, 4) is 0 Å². The van der Waals surface area contributed by atoms with Crippen LogP contribution in [0.4, 0.5) is 0 Å². The number of fused-ring (bicyclic) bond motifs is 4. The first-order valence-electron chi connectivity index (χ1n) is 7.97. The third-order valence-electron chi connectivity index (χ3n) is 5.99. The number of aliphatic hydroxyl groups excluding tert-OH is 1. The summed E-state index contributed by atoms with van der Waals surface area (Å²) in [6.45, 7) is 0. The van der Waals surface area contributed by atoms with Gasteiger partial charge in [-0.05, 0) is 43.9 Å².